The smallest absolute Gasteiger partial charge is 0.396 e. The van der Waals surface area contributed by atoms with E-state index in [9.17, 15) is 23.1 Å². The molecule has 9 heteroatoms. The van der Waals surface area contributed by atoms with Crippen LogP contribution in [0.4, 0.5) is 13.2 Å². The lowest BCUT2D eigenvalue weighted by Crippen LogP contribution is -2.53. The summed E-state index contributed by atoms with van der Waals surface area (Å²) in [6.07, 6.45) is -3.88. The van der Waals surface area contributed by atoms with Gasteiger partial charge in [0.05, 0.1) is 11.0 Å². The van der Waals surface area contributed by atoms with Gasteiger partial charge in [0.25, 0.3) is 5.91 Å². The van der Waals surface area contributed by atoms with Gasteiger partial charge in [-0.05, 0) is 30.4 Å². The molecule has 1 fully saturated rings. The van der Waals surface area contributed by atoms with Crippen LogP contribution in [0.25, 0.3) is 11.0 Å². The van der Waals surface area contributed by atoms with Crippen LogP contribution in [0.3, 0.4) is 0 Å². The monoisotopic (exact) mass is 428 g/mol. The molecule has 30 heavy (non-hydrogen) atoms. The summed E-state index contributed by atoms with van der Waals surface area (Å²) in [4.78, 5) is 19.3. The number of aromatic nitrogens is 2. The number of nitrogens with zero attached hydrogens (tertiary/aromatic N) is 3. The molecule has 3 rings (SSSR count). The number of carbonyl (C=O) groups is 1. The molecule has 1 aliphatic rings. The second kappa shape index (κ2) is 9.78. The van der Waals surface area contributed by atoms with Crippen LogP contribution in [-0.4, -0.2) is 63.9 Å². The van der Waals surface area contributed by atoms with E-state index in [1.807, 2.05) is 13.8 Å². The minimum Gasteiger partial charge on any atom is -0.396 e. The SMILES string of the molecule is C.CC(C)CN(C(=O)c1nc2ccccc2n1CC(F)(F)F)[C@@H]1CNC[C@H](CO)C1. The van der Waals surface area contributed by atoms with E-state index in [0.29, 0.717) is 31.6 Å². The Morgan fingerprint density at radius 3 is 2.67 bits per heavy atom. The minimum absolute atomic E-state index is 0. The number of fused-ring (bicyclic) bond motifs is 1. The van der Waals surface area contributed by atoms with Gasteiger partial charge in [-0.2, -0.15) is 13.2 Å². The van der Waals surface area contributed by atoms with E-state index in [-0.39, 0.29) is 43.3 Å². The van der Waals surface area contributed by atoms with Crippen molar-refractivity contribution < 1.29 is 23.1 Å². The third-order valence-electron chi connectivity index (χ3n) is 5.12. The van der Waals surface area contributed by atoms with E-state index in [1.165, 1.54) is 0 Å². The van der Waals surface area contributed by atoms with E-state index in [0.717, 1.165) is 4.57 Å². The highest BCUT2D eigenvalue weighted by molar-refractivity contribution is 5.95. The standard InChI is InChI=1S/C20H27F3N4O2.CH4/c1-13(2)10-26(15-7-14(11-28)8-24-9-15)19(29)18-25-16-5-3-4-6-17(16)27(18)12-20(21,22)23;/h3-6,13-15,24,28H,7-12H2,1-2H3;1H4/t14-,15+;/m1./s1. The van der Waals surface area contributed by atoms with Crippen molar-refractivity contribution in [2.45, 2.75) is 46.5 Å². The molecule has 0 spiro atoms. The van der Waals surface area contributed by atoms with Crippen molar-refractivity contribution in [2.75, 3.05) is 26.2 Å². The summed E-state index contributed by atoms with van der Waals surface area (Å²) >= 11 is 0. The Kier molecular flexibility index (Phi) is 7.87. The predicted molar refractivity (Wildman–Crippen MR) is 110 cm³/mol. The zero-order valence-corrected chi connectivity index (χ0v) is 16.6. The van der Waals surface area contributed by atoms with Crippen molar-refractivity contribution in [3.63, 3.8) is 0 Å². The summed E-state index contributed by atoms with van der Waals surface area (Å²) < 4.78 is 40.7. The average molecular weight is 428 g/mol. The highest BCUT2D eigenvalue weighted by Crippen LogP contribution is 2.26. The van der Waals surface area contributed by atoms with E-state index < -0.39 is 18.6 Å². The average Bonchev–Trinajstić information content (AvgIpc) is 3.02. The summed E-state index contributed by atoms with van der Waals surface area (Å²) in [6, 6.07) is 6.25. The number of rotatable bonds is 6. The molecule has 2 heterocycles. The first-order valence-corrected chi connectivity index (χ1v) is 9.84. The Hall–Kier alpha value is -2.13. The first kappa shape index (κ1) is 24.1. The second-order valence-corrected chi connectivity index (χ2v) is 8.07. The van der Waals surface area contributed by atoms with Crippen molar-refractivity contribution in [2.24, 2.45) is 11.8 Å². The molecule has 1 aromatic heterocycles. The van der Waals surface area contributed by atoms with Gasteiger partial charge in [-0.3, -0.25) is 4.79 Å². The molecule has 1 aromatic carbocycles. The number of piperidine rings is 1. The van der Waals surface area contributed by atoms with Crippen molar-refractivity contribution in [3.8, 4) is 0 Å². The Balaban J connectivity index is 0.00000320. The van der Waals surface area contributed by atoms with E-state index in [4.69, 9.17) is 0 Å². The molecule has 0 unspecified atom stereocenters. The molecule has 168 valence electrons. The van der Waals surface area contributed by atoms with Crippen molar-refractivity contribution in [1.29, 1.82) is 0 Å². The van der Waals surface area contributed by atoms with Crippen LogP contribution in [0.2, 0.25) is 0 Å². The van der Waals surface area contributed by atoms with Crippen LogP contribution in [0.5, 0.6) is 0 Å². The Morgan fingerprint density at radius 2 is 2.03 bits per heavy atom. The van der Waals surface area contributed by atoms with E-state index >= 15 is 0 Å². The van der Waals surface area contributed by atoms with Crippen LogP contribution in [-0.2, 0) is 6.54 Å². The van der Waals surface area contributed by atoms with E-state index in [1.54, 1.807) is 29.2 Å². The van der Waals surface area contributed by atoms with Crippen molar-refractivity contribution in [1.82, 2.24) is 19.8 Å². The van der Waals surface area contributed by atoms with Crippen molar-refractivity contribution >= 4 is 16.9 Å². The maximum Gasteiger partial charge on any atom is 0.406 e. The van der Waals surface area contributed by atoms with E-state index in [2.05, 4.69) is 10.3 Å². The number of nitrogens with one attached hydrogen (secondary N) is 1. The van der Waals surface area contributed by atoms with Gasteiger partial charge in [-0.25, -0.2) is 4.98 Å². The number of para-hydroxylation sites is 2. The molecule has 2 atom stereocenters. The quantitative estimate of drug-likeness (QED) is 0.741. The third kappa shape index (κ3) is 5.51. The second-order valence-electron chi connectivity index (χ2n) is 8.07. The van der Waals surface area contributed by atoms with Gasteiger partial charge in [-0.15, -0.1) is 0 Å². The number of hydrogen-bond donors (Lipinski definition) is 2. The number of imidazole rings is 1. The number of benzene rings is 1. The summed E-state index contributed by atoms with van der Waals surface area (Å²) in [5, 5.41) is 12.7. The van der Waals surface area contributed by atoms with Gasteiger partial charge in [0.15, 0.2) is 0 Å². The number of alkyl halides is 3. The maximum absolute atomic E-state index is 13.4. The molecule has 0 aliphatic carbocycles. The molecule has 2 N–H and O–H groups in total. The first-order valence-electron chi connectivity index (χ1n) is 9.84. The maximum atomic E-state index is 13.4. The van der Waals surface area contributed by atoms with Crippen LogP contribution in [0, 0.1) is 11.8 Å². The molecule has 2 aromatic rings. The summed E-state index contributed by atoms with van der Waals surface area (Å²) in [5.74, 6) is -0.570. The molecule has 1 saturated heterocycles. The summed E-state index contributed by atoms with van der Waals surface area (Å²) in [5.41, 5.74) is 0.646. The molecule has 0 bridgehead atoms. The van der Waals surface area contributed by atoms with Crippen LogP contribution < -0.4 is 5.32 Å². The van der Waals surface area contributed by atoms with Crippen LogP contribution >= 0.6 is 0 Å². The highest BCUT2D eigenvalue weighted by Gasteiger charge is 2.36. The predicted octanol–water partition coefficient (Wildman–Crippen LogP) is 3.30. The molecular weight excluding hydrogens is 397 g/mol. The number of aliphatic hydroxyl groups is 1. The fourth-order valence-electron chi connectivity index (χ4n) is 3.88. The highest BCUT2D eigenvalue weighted by atomic mass is 19.4. The van der Waals surface area contributed by atoms with Crippen molar-refractivity contribution in [3.05, 3.63) is 30.1 Å². The van der Waals surface area contributed by atoms with Gasteiger partial charge in [0.2, 0.25) is 5.82 Å². The van der Waals surface area contributed by atoms with Crippen LogP contribution in [0.1, 0.15) is 38.3 Å². The number of aliphatic hydroxyl groups excluding tert-OH is 1. The molecule has 6 nitrogen and oxygen atoms in total. The zero-order valence-electron chi connectivity index (χ0n) is 16.6. The molecular formula is C21H31F3N4O2. The van der Waals surface area contributed by atoms with Gasteiger partial charge < -0.3 is 19.9 Å². The Bertz CT molecular complexity index is 850. The van der Waals surface area contributed by atoms with Gasteiger partial charge in [0, 0.05) is 32.3 Å². The van der Waals surface area contributed by atoms with Gasteiger partial charge in [-0.1, -0.05) is 33.4 Å². The Morgan fingerprint density at radius 1 is 1.33 bits per heavy atom. The lowest BCUT2D eigenvalue weighted by Gasteiger charge is -2.38. The molecule has 1 aliphatic heterocycles. The lowest BCUT2D eigenvalue weighted by atomic mass is 9.94. The van der Waals surface area contributed by atoms with Crippen LogP contribution in [0.15, 0.2) is 24.3 Å². The number of amides is 1. The Labute approximate surface area is 175 Å². The van der Waals surface area contributed by atoms with Gasteiger partial charge >= 0.3 is 6.18 Å². The molecule has 0 saturated carbocycles. The first-order chi connectivity index (χ1) is 13.7. The summed E-state index contributed by atoms with van der Waals surface area (Å²) in [7, 11) is 0. The fourth-order valence-corrected chi connectivity index (χ4v) is 3.88. The third-order valence-corrected chi connectivity index (χ3v) is 5.12. The molecule has 1 amide bonds. The largest absolute Gasteiger partial charge is 0.406 e. The van der Waals surface area contributed by atoms with Gasteiger partial charge in [0.1, 0.15) is 6.54 Å². The molecule has 0 radical (unpaired) electrons. The number of hydrogen-bond acceptors (Lipinski definition) is 4. The minimum atomic E-state index is -4.48. The zero-order chi connectivity index (χ0) is 21.2. The fraction of sp³-hybridized carbons (Fsp3) is 0.619. The number of halogens is 3. The normalized spacial score (nSPS) is 19.7. The topological polar surface area (TPSA) is 70.4 Å². The lowest BCUT2D eigenvalue weighted by molar-refractivity contribution is -0.140. The summed E-state index contributed by atoms with van der Waals surface area (Å²) in [6.45, 7) is 4.24. The number of carbonyl (C=O) groups excluding carboxylic acids is 1.